The molecule has 2 atom stereocenters. The Morgan fingerprint density at radius 3 is 2.71 bits per heavy atom. The van der Waals surface area contributed by atoms with Crippen LogP contribution in [0.5, 0.6) is 0 Å². The van der Waals surface area contributed by atoms with Crippen molar-refractivity contribution in [3.05, 3.63) is 35.6 Å². The Morgan fingerprint density at radius 2 is 2.14 bits per heavy atom. The van der Waals surface area contributed by atoms with Gasteiger partial charge in [0.15, 0.2) is 0 Å². The van der Waals surface area contributed by atoms with Gasteiger partial charge in [-0.3, -0.25) is 0 Å². The SMILES string of the molecule is CC1(c2ccccc2F)CCC(Br)C1. The van der Waals surface area contributed by atoms with Crippen LogP contribution in [-0.4, -0.2) is 4.83 Å². The summed E-state index contributed by atoms with van der Waals surface area (Å²) in [7, 11) is 0. The fourth-order valence-electron chi connectivity index (χ4n) is 2.36. The van der Waals surface area contributed by atoms with E-state index < -0.39 is 0 Å². The first kappa shape index (κ1) is 10.2. The predicted molar refractivity (Wildman–Crippen MR) is 60.3 cm³/mol. The molecule has 0 aliphatic heterocycles. The van der Waals surface area contributed by atoms with Crippen LogP contribution in [0.15, 0.2) is 24.3 Å². The third-order valence-electron chi connectivity index (χ3n) is 3.21. The van der Waals surface area contributed by atoms with Crippen LogP contribution in [0, 0.1) is 5.82 Å². The van der Waals surface area contributed by atoms with E-state index in [9.17, 15) is 4.39 Å². The van der Waals surface area contributed by atoms with Gasteiger partial charge < -0.3 is 0 Å². The van der Waals surface area contributed by atoms with Gasteiger partial charge in [-0.05, 0) is 36.3 Å². The molecule has 14 heavy (non-hydrogen) atoms. The summed E-state index contributed by atoms with van der Waals surface area (Å²) >= 11 is 3.61. The second kappa shape index (κ2) is 3.65. The zero-order valence-corrected chi connectivity index (χ0v) is 9.85. The van der Waals surface area contributed by atoms with Crippen LogP contribution in [-0.2, 0) is 5.41 Å². The predicted octanol–water partition coefficient (Wildman–Crippen LogP) is 4.03. The minimum atomic E-state index is -0.0587. The highest BCUT2D eigenvalue weighted by molar-refractivity contribution is 9.09. The molecule has 0 amide bonds. The van der Waals surface area contributed by atoms with Crippen molar-refractivity contribution in [2.45, 2.75) is 36.4 Å². The molecule has 1 aromatic rings. The van der Waals surface area contributed by atoms with Crippen molar-refractivity contribution in [1.82, 2.24) is 0 Å². The molecule has 0 N–H and O–H groups in total. The van der Waals surface area contributed by atoms with Gasteiger partial charge in [-0.15, -0.1) is 0 Å². The van der Waals surface area contributed by atoms with Gasteiger partial charge in [0.25, 0.3) is 0 Å². The molecule has 0 bridgehead atoms. The molecule has 2 rings (SSSR count). The number of alkyl halides is 1. The van der Waals surface area contributed by atoms with Crippen molar-refractivity contribution in [3.8, 4) is 0 Å². The molecule has 0 heterocycles. The van der Waals surface area contributed by atoms with E-state index in [4.69, 9.17) is 0 Å². The summed E-state index contributed by atoms with van der Waals surface area (Å²) in [6.07, 6.45) is 3.25. The average molecular weight is 257 g/mol. The summed E-state index contributed by atoms with van der Waals surface area (Å²) in [5.74, 6) is -0.0587. The quantitative estimate of drug-likeness (QED) is 0.666. The Kier molecular flexibility index (Phi) is 2.65. The van der Waals surface area contributed by atoms with Gasteiger partial charge in [-0.1, -0.05) is 41.1 Å². The van der Waals surface area contributed by atoms with Gasteiger partial charge in [0.2, 0.25) is 0 Å². The minimum Gasteiger partial charge on any atom is -0.207 e. The standard InChI is InChI=1S/C12H14BrF/c1-12(7-6-9(13)8-12)10-4-2-3-5-11(10)14/h2-5,9H,6-8H2,1H3. The molecule has 0 spiro atoms. The van der Waals surface area contributed by atoms with E-state index in [1.165, 1.54) is 0 Å². The normalized spacial score (nSPS) is 32.1. The van der Waals surface area contributed by atoms with Crippen molar-refractivity contribution < 1.29 is 4.39 Å². The fraction of sp³-hybridized carbons (Fsp3) is 0.500. The molecule has 0 saturated heterocycles. The highest BCUT2D eigenvalue weighted by Gasteiger charge is 2.36. The number of hydrogen-bond acceptors (Lipinski definition) is 0. The van der Waals surface area contributed by atoms with Gasteiger partial charge in [0.1, 0.15) is 5.82 Å². The smallest absolute Gasteiger partial charge is 0.126 e. The maximum Gasteiger partial charge on any atom is 0.126 e. The summed E-state index contributed by atoms with van der Waals surface area (Å²) < 4.78 is 13.6. The van der Waals surface area contributed by atoms with Crippen molar-refractivity contribution in [2.75, 3.05) is 0 Å². The first-order valence-electron chi connectivity index (χ1n) is 5.01. The maximum absolute atomic E-state index is 13.6. The lowest BCUT2D eigenvalue weighted by Crippen LogP contribution is -2.19. The molecule has 1 saturated carbocycles. The van der Waals surface area contributed by atoms with Crippen LogP contribution < -0.4 is 0 Å². The first-order chi connectivity index (χ1) is 6.62. The molecule has 1 aromatic carbocycles. The van der Waals surface area contributed by atoms with Crippen LogP contribution >= 0.6 is 15.9 Å². The minimum absolute atomic E-state index is 0.0273. The van der Waals surface area contributed by atoms with E-state index in [0.717, 1.165) is 24.8 Å². The topological polar surface area (TPSA) is 0 Å². The van der Waals surface area contributed by atoms with E-state index in [1.54, 1.807) is 12.1 Å². The largest absolute Gasteiger partial charge is 0.207 e. The highest BCUT2D eigenvalue weighted by atomic mass is 79.9. The van der Waals surface area contributed by atoms with Gasteiger partial charge in [0, 0.05) is 4.83 Å². The Morgan fingerprint density at radius 1 is 1.43 bits per heavy atom. The van der Waals surface area contributed by atoms with Crippen molar-refractivity contribution >= 4 is 15.9 Å². The van der Waals surface area contributed by atoms with Gasteiger partial charge >= 0.3 is 0 Å². The summed E-state index contributed by atoms with van der Waals surface area (Å²) in [6, 6.07) is 7.15. The Balaban J connectivity index is 2.35. The first-order valence-corrected chi connectivity index (χ1v) is 5.92. The second-order valence-corrected chi connectivity index (χ2v) is 5.68. The molecule has 0 aromatic heterocycles. The molecular formula is C12H14BrF. The van der Waals surface area contributed by atoms with Crippen molar-refractivity contribution in [3.63, 3.8) is 0 Å². The Labute approximate surface area is 92.6 Å². The maximum atomic E-state index is 13.6. The molecule has 76 valence electrons. The molecule has 0 nitrogen and oxygen atoms in total. The van der Waals surface area contributed by atoms with E-state index in [0.29, 0.717) is 4.83 Å². The van der Waals surface area contributed by atoms with Crippen LogP contribution in [0.3, 0.4) is 0 Å². The Hall–Kier alpha value is -0.370. The molecule has 1 fully saturated rings. The lowest BCUT2D eigenvalue weighted by atomic mass is 9.81. The summed E-state index contributed by atoms with van der Waals surface area (Å²) in [5, 5.41) is 0. The van der Waals surface area contributed by atoms with Crippen LogP contribution in [0.25, 0.3) is 0 Å². The van der Waals surface area contributed by atoms with E-state index in [1.807, 2.05) is 12.1 Å². The summed E-state index contributed by atoms with van der Waals surface area (Å²) in [4.78, 5) is 0.548. The number of rotatable bonds is 1. The monoisotopic (exact) mass is 256 g/mol. The third kappa shape index (κ3) is 1.72. The second-order valence-electron chi connectivity index (χ2n) is 4.38. The molecule has 1 aliphatic carbocycles. The average Bonchev–Trinajstić information content (AvgIpc) is 2.48. The third-order valence-corrected chi connectivity index (χ3v) is 3.99. The van der Waals surface area contributed by atoms with Crippen LogP contribution in [0.2, 0.25) is 0 Å². The van der Waals surface area contributed by atoms with E-state index in [2.05, 4.69) is 22.9 Å². The summed E-state index contributed by atoms with van der Waals surface area (Å²) in [6.45, 7) is 2.16. The Bertz CT molecular complexity index is 337. The molecule has 0 radical (unpaired) electrons. The van der Waals surface area contributed by atoms with Crippen molar-refractivity contribution in [1.29, 1.82) is 0 Å². The molecule has 2 heteroatoms. The number of hydrogen-bond donors (Lipinski definition) is 0. The molecule has 1 aliphatic rings. The van der Waals surface area contributed by atoms with Crippen molar-refractivity contribution in [2.24, 2.45) is 0 Å². The molecule has 2 unspecified atom stereocenters. The highest BCUT2D eigenvalue weighted by Crippen LogP contribution is 2.44. The zero-order valence-electron chi connectivity index (χ0n) is 8.26. The van der Waals surface area contributed by atoms with E-state index >= 15 is 0 Å². The zero-order chi connectivity index (χ0) is 10.2. The summed E-state index contributed by atoms with van der Waals surface area (Å²) in [5.41, 5.74) is 0.904. The lowest BCUT2D eigenvalue weighted by Gasteiger charge is -2.24. The lowest BCUT2D eigenvalue weighted by molar-refractivity contribution is 0.458. The van der Waals surface area contributed by atoms with Crippen LogP contribution in [0.4, 0.5) is 4.39 Å². The number of benzene rings is 1. The van der Waals surface area contributed by atoms with Crippen LogP contribution in [0.1, 0.15) is 31.7 Å². The van der Waals surface area contributed by atoms with Gasteiger partial charge in [-0.25, -0.2) is 4.39 Å². The van der Waals surface area contributed by atoms with E-state index in [-0.39, 0.29) is 11.2 Å². The fourth-order valence-corrected chi connectivity index (χ4v) is 3.31. The number of halogens is 2. The molecular weight excluding hydrogens is 243 g/mol. The van der Waals surface area contributed by atoms with Gasteiger partial charge in [0.05, 0.1) is 0 Å². The van der Waals surface area contributed by atoms with Gasteiger partial charge in [-0.2, -0.15) is 0 Å².